The van der Waals surface area contributed by atoms with E-state index in [0.29, 0.717) is 13.2 Å². The number of halogens is 1. The lowest BCUT2D eigenvalue weighted by molar-refractivity contribution is 0.0951. The van der Waals surface area contributed by atoms with E-state index >= 15 is 0 Å². The molecule has 182 valence electrons. The standard InChI is InChI=1S/C30H27FN2O2S/c31-24-14-10-23(11-15-24)20-35-25-16-12-22(13-17-25)19-33-30-28(26-8-4-5-9-27(26)36-30)29(34)32-18-21-6-2-1-3-7-21/h1-3,6-7,10-17,19H,4-5,8-9,18,20H2,(H,32,34). The number of hydrogen-bond donors (Lipinski definition) is 1. The van der Waals surface area contributed by atoms with E-state index in [0.717, 1.165) is 64.3 Å². The third kappa shape index (κ3) is 5.89. The third-order valence-corrected chi connectivity index (χ3v) is 7.41. The van der Waals surface area contributed by atoms with Crippen molar-refractivity contribution >= 4 is 28.5 Å². The molecule has 0 atom stereocenters. The zero-order chi connectivity index (χ0) is 24.7. The van der Waals surface area contributed by atoms with Gasteiger partial charge in [0.2, 0.25) is 0 Å². The van der Waals surface area contributed by atoms with Crippen molar-refractivity contribution in [2.45, 2.75) is 38.8 Å². The molecule has 0 saturated carbocycles. The lowest BCUT2D eigenvalue weighted by Gasteiger charge is -2.12. The van der Waals surface area contributed by atoms with Crippen LogP contribution in [-0.4, -0.2) is 12.1 Å². The Balaban J connectivity index is 1.28. The van der Waals surface area contributed by atoms with Crippen LogP contribution in [0.25, 0.3) is 0 Å². The number of aryl methyl sites for hydroxylation is 1. The molecule has 0 bridgehead atoms. The van der Waals surface area contributed by atoms with Gasteiger partial charge in [-0.2, -0.15) is 0 Å². The SMILES string of the molecule is O=C(NCc1ccccc1)c1c(N=Cc2ccc(OCc3ccc(F)cc3)cc2)sc2c1CCCC2. The maximum Gasteiger partial charge on any atom is 0.254 e. The molecule has 4 nitrogen and oxygen atoms in total. The highest BCUT2D eigenvalue weighted by atomic mass is 32.1. The lowest BCUT2D eigenvalue weighted by Crippen LogP contribution is -2.24. The highest BCUT2D eigenvalue weighted by molar-refractivity contribution is 7.16. The number of aliphatic imine (C=N–C) groups is 1. The lowest BCUT2D eigenvalue weighted by atomic mass is 9.95. The van der Waals surface area contributed by atoms with Crippen molar-refractivity contribution in [1.82, 2.24) is 5.32 Å². The Morgan fingerprint density at radius 1 is 0.944 bits per heavy atom. The molecule has 0 radical (unpaired) electrons. The van der Waals surface area contributed by atoms with Gasteiger partial charge in [-0.05, 0) is 84.3 Å². The monoisotopic (exact) mass is 498 g/mol. The van der Waals surface area contributed by atoms with Crippen molar-refractivity contribution in [3.63, 3.8) is 0 Å². The first-order valence-electron chi connectivity index (χ1n) is 12.1. The van der Waals surface area contributed by atoms with E-state index in [4.69, 9.17) is 9.73 Å². The summed E-state index contributed by atoms with van der Waals surface area (Å²) in [4.78, 5) is 19.2. The molecular formula is C30H27FN2O2S. The summed E-state index contributed by atoms with van der Waals surface area (Å²) < 4.78 is 18.9. The summed E-state index contributed by atoms with van der Waals surface area (Å²) in [6, 6.07) is 23.9. The van der Waals surface area contributed by atoms with Crippen LogP contribution in [0.2, 0.25) is 0 Å². The molecule has 0 spiro atoms. The number of nitrogens with one attached hydrogen (secondary N) is 1. The van der Waals surface area contributed by atoms with Gasteiger partial charge in [0.05, 0.1) is 5.56 Å². The summed E-state index contributed by atoms with van der Waals surface area (Å²) in [6.07, 6.45) is 5.99. The molecule has 0 saturated heterocycles. The number of nitrogens with zero attached hydrogens (tertiary/aromatic N) is 1. The van der Waals surface area contributed by atoms with Crippen LogP contribution in [0.4, 0.5) is 9.39 Å². The number of benzene rings is 3. The largest absolute Gasteiger partial charge is 0.489 e. The second kappa shape index (κ2) is 11.3. The molecular weight excluding hydrogens is 471 g/mol. The van der Waals surface area contributed by atoms with Crippen LogP contribution in [0.1, 0.15) is 50.3 Å². The number of amides is 1. The molecule has 0 unspecified atom stereocenters. The maximum atomic E-state index is 13.2. The molecule has 36 heavy (non-hydrogen) atoms. The molecule has 1 heterocycles. The van der Waals surface area contributed by atoms with E-state index < -0.39 is 0 Å². The molecule has 1 amide bonds. The second-order valence-corrected chi connectivity index (χ2v) is 9.89. The molecule has 4 aromatic rings. The van der Waals surface area contributed by atoms with Gasteiger partial charge in [0, 0.05) is 17.6 Å². The number of carbonyl (C=O) groups is 1. The molecule has 5 rings (SSSR count). The summed E-state index contributed by atoms with van der Waals surface area (Å²) in [6.45, 7) is 0.864. The number of thiophene rings is 1. The van der Waals surface area contributed by atoms with E-state index in [1.807, 2.05) is 54.6 Å². The minimum absolute atomic E-state index is 0.0602. The zero-order valence-electron chi connectivity index (χ0n) is 19.9. The average molecular weight is 499 g/mol. The predicted molar refractivity (Wildman–Crippen MR) is 143 cm³/mol. The fraction of sp³-hybridized carbons (Fsp3) is 0.200. The number of hydrogen-bond acceptors (Lipinski definition) is 4. The summed E-state index contributed by atoms with van der Waals surface area (Å²) in [5.41, 5.74) is 4.78. The molecule has 1 aliphatic carbocycles. The highest BCUT2D eigenvalue weighted by Crippen LogP contribution is 2.40. The topological polar surface area (TPSA) is 50.7 Å². The molecule has 1 N–H and O–H groups in total. The normalized spacial score (nSPS) is 12.9. The highest BCUT2D eigenvalue weighted by Gasteiger charge is 2.25. The van der Waals surface area contributed by atoms with Gasteiger partial charge in [0.25, 0.3) is 5.91 Å². The second-order valence-electron chi connectivity index (χ2n) is 8.80. The molecule has 0 aliphatic heterocycles. The van der Waals surface area contributed by atoms with E-state index in [1.165, 1.54) is 17.0 Å². The van der Waals surface area contributed by atoms with Crippen molar-refractivity contribution in [1.29, 1.82) is 0 Å². The van der Waals surface area contributed by atoms with E-state index in [2.05, 4.69) is 5.32 Å². The number of carbonyl (C=O) groups excluding carboxylic acids is 1. The summed E-state index contributed by atoms with van der Waals surface area (Å²) in [5, 5.41) is 3.85. The van der Waals surface area contributed by atoms with E-state index in [1.54, 1.807) is 29.7 Å². The van der Waals surface area contributed by atoms with Crippen LogP contribution >= 0.6 is 11.3 Å². The first-order valence-corrected chi connectivity index (χ1v) is 13.0. The van der Waals surface area contributed by atoms with Crippen LogP contribution < -0.4 is 10.1 Å². The Kier molecular flexibility index (Phi) is 7.52. The van der Waals surface area contributed by atoms with Crippen molar-refractivity contribution in [3.8, 4) is 5.75 Å². The Morgan fingerprint density at radius 3 is 2.47 bits per heavy atom. The van der Waals surface area contributed by atoms with Crippen LogP contribution in [0, 0.1) is 5.82 Å². The maximum absolute atomic E-state index is 13.2. The summed E-state index contributed by atoms with van der Waals surface area (Å²) in [7, 11) is 0. The Labute approximate surface area is 214 Å². The molecule has 1 aromatic heterocycles. The third-order valence-electron chi connectivity index (χ3n) is 6.21. The van der Waals surface area contributed by atoms with Gasteiger partial charge in [-0.25, -0.2) is 9.38 Å². The van der Waals surface area contributed by atoms with Crippen molar-refractivity contribution in [2.75, 3.05) is 0 Å². The molecule has 0 fully saturated rings. The fourth-order valence-electron chi connectivity index (χ4n) is 4.27. The number of ether oxygens (including phenoxy) is 1. The van der Waals surface area contributed by atoms with Crippen LogP contribution in [0.15, 0.2) is 83.9 Å². The van der Waals surface area contributed by atoms with Crippen molar-refractivity contribution < 1.29 is 13.9 Å². The minimum Gasteiger partial charge on any atom is -0.489 e. The molecule has 3 aromatic carbocycles. The average Bonchev–Trinajstić information content (AvgIpc) is 3.30. The first kappa shape index (κ1) is 23.9. The predicted octanol–water partition coefficient (Wildman–Crippen LogP) is 7.03. The van der Waals surface area contributed by atoms with Crippen LogP contribution in [0.3, 0.4) is 0 Å². The summed E-state index contributed by atoms with van der Waals surface area (Å²) in [5.74, 6) is 0.407. The van der Waals surface area contributed by atoms with E-state index in [9.17, 15) is 9.18 Å². The van der Waals surface area contributed by atoms with Crippen molar-refractivity contribution in [2.24, 2.45) is 4.99 Å². The smallest absolute Gasteiger partial charge is 0.254 e. The van der Waals surface area contributed by atoms with Crippen molar-refractivity contribution in [3.05, 3.63) is 117 Å². The first-order chi connectivity index (χ1) is 17.7. The van der Waals surface area contributed by atoms with Gasteiger partial charge >= 0.3 is 0 Å². The van der Waals surface area contributed by atoms with Gasteiger partial charge in [-0.3, -0.25) is 4.79 Å². The Hall–Kier alpha value is -3.77. The number of fused-ring (bicyclic) bond motifs is 1. The Morgan fingerprint density at radius 2 is 1.69 bits per heavy atom. The van der Waals surface area contributed by atoms with Gasteiger partial charge in [0.15, 0.2) is 0 Å². The van der Waals surface area contributed by atoms with Gasteiger partial charge in [0.1, 0.15) is 23.2 Å². The van der Waals surface area contributed by atoms with Gasteiger partial charge in [-0.1, -0.05) is 42.5 Å². The quantitative estimate of drug-likeness (QED) is 0.265. The van der Waals surface area contributed by atoms with Gasteiger partial charge in [-0.15, -0.1) is 11.3 Å². The fourth-order valence-corrected chi connectivity index (χ4v) is 5.50. The molecule has 1 aliphatic rings. The van der Waals surface area contributed by atoms with Crippen LogP contribution in [-0.2, 0) is 26.0 Å². The summed E-state index contributed by atoms with van der Waals surface area (Å²) >= 11 is 1.63. The zero-order valence-corrected chi connectivity index (χ0v) is 20.7. The minimum atomic E-state index is -0.259. The van der Waals surface area contributed by atoms with E-state index in [-0.39, 0.29) is 11.7 Å². The van der Waals surface area contributed by atoms with Gasteiger partial charge < -0.3 is 10.1 Å². The number of rotatable bonds is 8. The molecule has 6 heteroatoms. The van der Waals surface area contributed by atoms with Crippen LogP contribution in [0.5, 0.6) is 5.75 Å². The Bertz CT molecular complexity index is 1350.